The molecule has 110 valence electrons. The molecule has 1 aliphatic heterocycles. The smallest absolute Gasteiger partial charge is 0.220 e. The summed E-state index contributed by atoms with van der Waals surface area (Å²) < 4.78 is 10.6. The van der Waals surface area contributed by atoms with Gasteiger partial charge < -0.3 is 14.8 Å². The van der Waals surface area contributed by atoms with E-state index in [0.717, 1.165) is 23.5 Å². The first kappa shape index (κ1) is 14.7. The van der Waals surface area contributed by atoms with Crippen LogP contribution < -0.4 is 14.8 Å². The molecular weight excluding hydrogens is 254 g/mol. The number of benzene rings is 1. The van der Waals surface area contributed by atoms with E-state index >= 15 is 0 Å². The van der Waals surface area contributed by atoms with Gasteiger partial charge in [-0.3, -0.25) is 4.79 Å². The lowest BCUT2D eigenvalue weighted by Gasteiger charge is -2.22. The number of carbonyl (C=O) groups excluding carboxylic acids is 1. The van der Waals surface area contributed by atoms with E-state index in [1.165, 1.54) is 0 Å². The Labute approximate surface area is 120 Å². The van der Waals surface area contributed by atoms with E-state index in [9.17, 15) is 4.79 Å². The van der Waals surface area contributed by atoms with E-state index in [1.807, 2.05) is 18.2 Å². The number of methoxy groups -OCH3 is 2. The molecular formula is C16H23NO3. The van der Waals surface area contributed by atoms with Crippen LogP contribution in [0.15, 0.2) is 18.2 Å². The van der Waals surface area contributed by atoms with Gasteiger partial charge in [-0.15, -0.1) is 0 Å². The van der Waals surface area contributed by atoms with E-state index in [1.54, 1.807) is 14.2 Å². The first-order valence-electron chi connectivity index (χ1n) is 7.05. The third-order valence-electron chi connectivity index (χ3n) is 3.76. The van der Waals surface area contributed by atoms with Crippen molar-refractivity contribution >= 4 is 5.91 Å². The number of amides is 1. The highest BCUT2D eigenvalue weighted by Gasteiger charge is 2.34. The molecule has 1 amide bonds. The van der Waals surface area contributed by atoms with E-state index in [0.29, 0.717) is 12.3 Å². The van der Waals surface area contributed by atoms with Crippen LogP contribution in [-0.2, 0) is 4.79 Å². The molecule has 0 bridgehead atoms. The number of hydrogen-bond acceptors (Lipinski definition) is 3. The second-order valence-corrected chi connectivity index (χ2v) is 5.76. The van der Waals surface area contributed by atoms with Gasteiger partial charge >= 0.3 is 0 Å². The molecule has 1 saturated heterocycles. The first-order chi connectivity index (χ1) is 9.53. The van der Waals surface area contributed by atoms with Crippen molar-refractivity contribution in [3.8, 4) is 11.5 Å². The Morgan fingerprint density at radius 1 is 1.20 bits per heavy atom. The fourth-order valence-electron chi connectivity index (χ4n) is 2.83. The number of nitrogens with one attached hydrogen (secondary N) is 1. The maximum Gasteiger partial charge on any atom is 0.220 e. The molecule has 4 heteroatoms. The maximum absolute atomic E-state index is 11.8. The van der Waals surface area contributed by atoms with Crippen LogP contribution in [-0.4, -0.2) is 26.2 Å². The number of carbonyl (C=O) groups is 1. The summed E-state index contributed by atoms with van der Waals surface area (Å²) in [7, 11) is 3.28. The Kier molecular flexibility index (Phi) is 4.53. The van der Waals surface area contributed by atoms with Crippen molar-refractivity contribution in [1.82, 2.24) is 5.32 Å². The molecule has 1 aliphatic rings. The average molecular weight is 277 g/mol. The van der Waals surface area contributed by atoms with Crippen molar-refractivity contribution in [2.45, 2.75) is 38.6 Å². The van der Waals surface area contributed by atoms with Gasteiger partial charge in [0, 0.05) is 24.4 Å². The van der Waals surface area contributed by atoms with Crippen LogP contribution in [0.3, 0.4) is 0 Å². The van der Waals surface area contributed by atoms with E-state index in [-0.39, 0.29) is 17.9 Å². The van der Waals surface area contributed by atoms with Gasteiger partial charge in [-0.1, -0.05) is 13.8 Å². The second kappa shape index (κ2) is 6.16. The molecule has 1 aromatic rings. The lowest BCUT2D eigenvalue weighted by molar-refractivity contribution is -0.119. The van der Waals surface area contributed by atoms with Crippen molar-refractivity contribution < 1.29 is 14.3 Å². The Hall–Kier alpha value is -1.71. The lowest BCUT2D eigenvalue weighted by atomic mass is 9.87. The van der Waals surface area contributed by atoms with Crippen LogP contribution >= 0.6 is 0 Å². The zero-order valence-corrected chi connectivity index (χ0v) is 12.6. The summed E-state index contributed by atoms with van der Waals surface area (Å²) in [6.07, 6.45) is 1.52. The molecule has 4 nitrogen and oxygen atoms in total. The van der Waals surface area contributed by atoms with E-state index in [2.05, 4.69) is 19.2 Å². The molecule has 2 unspecified atom stereocenters. The lowest BCUT2D eigenvalue weighted by Crippen LogP contribution is -2.29. The van der Waals surface area contributed by atoms with Gasteiger partial charge in [-0.05, 0) is 30.0 Å². The Balaban J connectivity index is 2.30. The SMILES string of the molecule is COc1cc(OC)cc(C2CC(=O)NC2CC(C)C)c1. The summed E-state index contributed by atoms with van der Waals surface area (Å²) >= 11 is 0. The highest BCUT2D eigenvalue weighted by Crippen LogP contribution is 2.35. The third-order valence-corrected chi connectivity index (χ3v) is 3.76. The highest BCUT2D eigenvalue weighted by atomic mass is 16.5. The Morgan fingerprint density at radius 2 is 1.80 bits per heavy atom. The van der Waals surface area contributed by atoms with E-state index < -0.39 is 0 Å². The van der Waals surface area contributed by atoms with Gasteiger partial charge in [0.1, 0.15) is 11.5 Å². The monoisotopic (exact) mass is 277 g/mol. The van der Waals surface area contributed by atoms with Crippen LogP contribution in [0.1, 0.15) is 38.2 Å². The molecule has 20 heavy (non-hydrogen) atoms. The molecule has 2 atom stereocenters. The quantitative estimate of drug-likeness (QED) is 0.900. The van der Waals surface area contributed by atoms with Gasteiger partial charge in [0.05, 0.1) is 14.2 Å². The van der Waals surface area contributed by atoms with Crippen molar-refractivity contribution in [2.75, 3.05) is 14.2 Å². The number of rotatable bonds is 5. The van der Waals surface area contributed by atoms with Crippen LogP contribution in [0.2, 0.25) is 0 Å². The minimum atomic E-state index is 0.127. The van der Waals surface area contributed by atoms with Crippen LogP contribution in [0.25, 0.3) is 0 Å². The average Bonchev–Trinajstić information content (AvgIpc) is 2.78. The summed E-state index contributed by atoms with van der Waals surface area (Å²) in [5.41, 5.74) is 1.10. The molecule has 2 rings (SSSR count). The maximum atomic E-state index is 11.8. The summed E-state index contributed by atoms with van der Waals surface area (Å²) in [5.74, 6) is 2.40. The fraction of sp³-hybridized carbons (Fsp3) is 0.562. The standard InChI is InChI=1S/C16H23NO3/c1-10(2)5-15-14(9-16(18)17-15)11-6-12(19-3)8-13(7-11)20-4/h6-8,10,14-15H,5,9H2,1-4H3,(H,17,18). The van der Waals surface area contributed by atoms with Crippen LogP contribution in [0, 0.1) is 5.92 Å². The van der Waals surface area contributed by atoms with E-state index in [4.69, 9.17) is 9.47 Å². The van der Waals surface area contributed by atoms with Crippen LogP contribution in [0.4, 0.5) is 0 Å². The molecule has 1 N–H and O–H groups in total. The first-order valence-corrected chi connectivity index (χ1v) is 7.05. The van der Waals surface area contributed by atoms with Gasteiger partial charge in [0.2, 0.25) is 5.91 Å². The Bertz CT molecular complexity index is 462. The molecule has 1 fully saturated rings. The van der Waals surface area contributed by atoms with Crippen molar-refractivity contribution in [3.63, 3.8) is 0 Å². The Morgan fingerprint density at radius 3 is 2.30 bits per heavy atom. The summed E-state index contributed by atoms with van der Waals surface area (Å²) in [4.78, 5) is 11.8. The number of ether oxygens (including phenoxy) is 2. The molecule has 0 saturated carbocycles. The molecule has 1 heterocycles. The minimum Gasteiger partial charge on any atom is -0.497 e. The van der Waals surface area contributed by atoms with Crippen molar-refractivity contribution in [2.24, 2.45) is 5.92 Å². The van der Waals surface area contributed by atoms with Crippen LogP contribution in [0.5, 0.6) is 11.5 Å². The summed E-state index contributed by atoms with van der Waals surface area (Å²) in [5, 5.41) is 3.09. The largest absolute Gasteiger partial charge is 0.497 e. The highest BCUT2D eigenvalue weighted by molar-refractivity contribution is 5.80. The summed E-state index contributed by atoms with van der Waals surface area (Å²) in [6.45, 7) is 4.35. The number of hydrogen-bond donors (Lipinski definition) is 1. The molecule has 0 aromatic heterocycles. The predicted octanol–water partition coefficient (Wildman–Crippen LogP) is 2.72. The van der Waals surface area contributed by atoms with Gasteiger partial charge in [-0.2, -0.15) is 0 Å². The van der Waals surface area contributed by atoms with Gasteiger partial charge in [0.15, 0.2) is 0 Å². The predicted molar refractivity (Wildman–Crippen MR) is 78.3 cm³/mol. The zero-order valence-electron chi connectivity index (χ0n) is 12.6. The topological polar surface area (TPSA) is 47.6 Å². The second-order valence-electron chi connectivity index (χ2n) is 5.76. The van der Waals surface area contributed by atoms with Crippen molar-refractivity contribution in [1.29, 1.82) is 0 Å². The third kappa shape index (κ3) is 3.24. The molecule has 0 radical (unpaired) electrons. The summed E-state index contributed by atoms with van der Waals surface area (Å²) in [6, 6.07) is 6.05. The van der Waals surface area contributed by atoms with Gasteiger partial charge in [0.25, 0.3) is 0 Å². The van der Waals surface area contributed by atoms with Crippen molar-refractivity contribution in [3.05, 3.63) is 23.8 Å². The molecule has 0 spiro atoms. The zero-order chi connectivity index (χ0) is 14.7. The molecule has 1 aromatic carbocycles. The fourth-order valence-corrected chi connectivity index (χ4v) is 2.83. The molecule has 0 aliphatic carbocycles. The van der Waals surface area contributed by atoms with Gasteiger partial charge in [-0.25, -0.2) is 0 Å². The normalized spacial score (nSPS) is 21.9. The minimum absolute atomic E-state index is 0.127.